The number of Topliss-reactive ketones (excluding diaryl/α,β-unsaturated/α-hetero) is 1. The first kappa shape index (κ1) is 14.7. The van der Waals surface area contributed by atoms with Gasteiger partial charge in [-0.05, 0) is 31.9 Å². The molecular weight excluding hydrogens is 228 g/mol. The molecule has 1 aromatic rings. The standard InChI is InChI=1S/C15H22O3/c1-6-15(7-2,18-5)14(16)12-10-11(3)8-9-13(12)17-4/h8-10H,6-7H2,1-5H3. The molecule has 3 heteroatoms. The lowest BCUT2D eigenvalue weighted by Gasteiger charge is -2.29. The Bertz CT molecular complexity index is 411. The molecule has 3 nitrogen and oxygen atoms in total. The largest absolute Gasteiger partial charge is 0.496 e. The quantitative estimate of drug-likeness (QED) is 0.726. The normalized spacial score (nSPS) is 11.4. The molecule has 0 atom stereocenters. The number of ketones is 1. The van der Waals surface area contributed by atoms with Gasteiger partial charge in [-0.3, -0.25) is 4.79 Å². The molecule has 1 aromatic carbocycles. The maximum Gasteiger partial charge on any atom is 0.198 e. The van der Waals surface area contributed by atoms with Gasteiger partial charge in [0.2, 0.25) is 0 Å². The summed E-state index contributed by atoms with van der Waals surface area (Å²) in [6.07, 6.45) is 1.30. The summed E-state index contributed by atoms with van der Waals surface area (Å²) in [4.78, 5) is 12.7. The molecule has 18 heavy (non-hydrogen) atoms. The van der Waals surface area contributed by atoms with Crippen molar-refractivity contribution in [2.24, 2.45) is 0 Å². The number of rotatable bonds is 6. The van der Waals surface area contributed by atoms with Crippen molar-refractivity contribution in [3.63, 3.8) is 0 Å². The minimum Gasteiger partial charge on any atom is -0.496 e. The SMILES string of the molecule is CCC(CC)(OC)C(=O)c1cc(C)ccc1OC. The summed E-state index contributed by atoms with van der Waals surface area (Å²) in [6, 6.07) is 5.62. The molecule has 0 amide bonds. The Kier molecular flexibility index (Phi) is 4.91. The Morgan fingerprint density at radius 3 is 2.28 bits per heavy atom. The first-order valence-electron chi connectivity index (χ1n) is 6.29. The first-order valence-corrected chi connectivity index (χ1v) is 6.29. The van der Waals surface area contributed by atoms with Gasteiger partial charge in [0, 0.05) is 7.11 Å². The van der Waals surface area contributed by atoms with Crippen molar-refractivity contribution in [2.75, 3.05) is 14.2 Å². The molecule has 0 aliphatic rings. The van der Waals surface area contributed by atoms with E-state index in [9.17, 15) is 4.79 Å². The van der Waals surface area contributed by atoms with E-state index in [1.165, 1.54) is 0 Å². The van der Waals surface area contributed by atoms with Gasteiger partial charge in [0.05, 0.1) is 12.7 Å². The van der Waals surface area contributed by atoms with Crippen molar-refractivity contribution < 1.29 is 14.3 Å². The van der Waals surface area contributed by atoms with E-state index in [0.29, 0.717) is 24.2 Å². The van der Waals surface area contributed by atoms with Crippen molar-refractivity contribution in [3.8, 4) is 5.75 Å². The van der Waals surface area contributed by atoms with E-state index in [1.807, 2.05) is 39.0 Å². The average molecular weight is 250 g/mol. The predicted molar refractivity (Wildman–Crippen MR) is 72.4 cm³/mol. The van der Waals surface area contributed by atoms with Crippen molar-refractivity contribution >= 4 is 5.78 Å². The molecule has 0 saturated heterocycles. The average Bonchev–Trinajstić information content (AvgIpc) is 2.41. The van der Waals surface area contributed by atoms with Crippen molar-refractivity contribution in [3.05, 3.63) is 29.3 Å². The van der Waals surface area contributed by atoms with E-state index < -0.39 is 5.60 Å². The molecule has 0 fully saturated rings. The summed E-state index contributed by atoms with van der Waals surface area (Å²) < 4.78 is 10.8. The van der Waals surface area contributed by atoms with E-state index in [1.54, 1.807) is 14.2 Å². The van der Waals surface area contributed by atoms with Crippen LogP contribution in [0.1, 0.15) is 42.6 Å². The number of hydrogen-bond donors (Lipinski definition) is 0. The van der Waals surface area contributed by atoms with Crippen LogP contribution < -0.4 is 4.74 Å². The summed E-state index contributed by atoms with van der Waals surface area (Å²) in [6.45, 7) is 5.89. The van der Waals surface area contributed by atoms with Gasteiger partial charge in [-0.15, -0.1) is 0 Å². The second kappa shape index (κ2) is 6.01. The third kappa shape index (κ3) is 2.56. The van der Waals surface area contributed by atoms with E-state index in [2.05, 4.69) is 0 Å². The third-order valence-corrected chi connectivity index (χ3v) is 3.55. The van der Waals surface area contributed by atoms with Gasteiger partial charge in [0.25, 0.3) is 0 Å². The van der Waals surface area contributed by atoms with E-state index in [4.69, 9.17) is 9.47 Å². The number of benzene rings is 1. The lowest BCUT2D eigenvalue weighted by atomic mass is 9.87. The van der Waals surface area contributed by atoms with Gasteiger partial charge in [-0.1, -0.05) is 25.5 Å². The molecule has 0 unspecified atom stereocenters. The summed E-state index contributed by atoms with van der Waals surface area (Å²) in [7, 11) is 3.17. The molecule has 0 spiro atoms. The van der Waals surface area contributed by atoms with Crippen LogP contribution in [0.5, 0.6) is 5.75 Å². The third-order valence-electron chi connectivity index (χ3n) is 3.55. The topological polar surface area (TPSA) is 35.5 Å². The van der Waals surface area contributed by atoms with E-state index in [0.717, 1.165) is 5.56 Å². The second-order valence-electron chi connectivity index (χ2n) is 4.44. The van der Waals surface area contributed by atoms with Gasteiger partial charge in [0.1, 0.15) is 11.4 Å². The molecular formula is C15H22O3. The Morgan fingerprint density at radius 1 is 1.22 bits per heavy atom. The van der Waals surface area contributed by atoms with Gasteiger partial charge in [0.15, 0.2) is 5.78 Å². The van der Waals surface area contributed by atoms with Gasteiger partial charge in [-0.25, -0.2) is 0 Å². The molecule has 0 aliphatic carbocycles. The zero-order valence-corrected chi connectivity index (χ0v) is 11.9. The number of aryl methyl sites for hydroxylation is 1. The summed E-state index contributed by atoms with van der Waals surface area (Å²) in [5, 5.41) is 0. The minimum absolute atomic E-state index is 0.00412. The first-order chi connectivity index (χ1) is 8.54. The highest BCUT2D eigenvalue weighted by Crippen LogP contribution is 2.30. The Morgan fingerprint density at radius 2 is 1.83 bits per heavy atom. The monoisotopic (exact) mass is 250 g/mol. The van der Waals surface area contributed by atoms with Crippen molar-refractivity contribution in [1.29, 1.82) is 0 Å². The summed E-state index contributed by atoms with van der Waals surface area (Å²) in [5.41, 5.74) is 0.889. The molecule has 0 aliphatic heterocycles. The molecule has 100 valence electrons. The van der Waals surface area contributed by atoms with Crippen LogP contribution in [0.2, 0.25) is 0 Å². The van der Waals surface area contributed by atoms with Crippen LogP contribution in [-0.4, -0.2) is 25.6 Å². The van der Waals surface area contributed by atoms with Gasteiger partial charge >= 0.3 is 0 Å². The van der Waals surface area contributed by atoms with Crippen LogP contribution in [-0.2, 0) is 4.74 Å². The van der Waals surface area contributed by atoms with Gasteiger partial charge in [-0.2, -0.15) is 0 Å². The number of hydrogen-bond acceptors (Lipinski definition) is 3. The van der Waals surface area contributed by atoms with E-state index >= 15 is 0 Å². The number of carbonyl (C=O) groups excluding carboxylic acids is 1. The maximum atomic E-state index is 12.7. The fraction of sp³-hybridized carbons (Fsp3) is 0.533. The summed E-state index contributed by atoms with van der Waals surface area (Å²) >= 11 is 0. The van der Waals surface area contributed by atoms with Crippen molar-refractivity contribution in [1.82, 2.24) is 0 Å². The lowest BCUT2D eigenvalue weighted by Crippen LogP contribution is -2.39. The summed E-state index contributed by atoms with van der Waals surface area (Å²) in [5.74, 6) is 0.601. The lowest BCUT2D eigenvalue weighted by molar-refractivity contribution is -0.00281. The second-order valence-corrected chi connectivity index (χ2v) is 4.44. The Labute approximate surface area is 109 Å². The molecule has 0 bridgehead atoms. The van der Waals surface area contributed by atoms with Crippen LogP contribution in [0, 0.1) is 6.92 Å². The molecule has 1 rings (SSSR count). The van der Waals surface area contributed by atoms with Crippen molar-refractivity contribution in [2.45, 2.75) is 39.2 Å². The fourth-order valence-electron chi connectivity index (χ4n) is 2.20. The highest BCUT2D eigenvalue weighted by molar-refractivity contribution is 6.04. The molecule has 0 aromatic heterocycles. The minimum atomic E-state index is -0.749. The van der Waals surface area contributed by atoms with Crippen LogP contribution >= 0.6 is 0 Å². The number of methoxy groups -OCH3 is 2. The fourth-order valence-corrected chi connectivity index (χ4v) is 2.20. The number of carbonyl (C=O) groups is 1. The zero-order valence-electron chi connectivity index (χ0n) is 11.9. The Balaban J connectivity index is 3.28. The zero-order chi connectivity index (χ0) is 13.8. The Hall–Kier alpha value is -1.35. The smallest absolute Gasteiger partial charge is 0.198 e. The van der Waals surface area contributed by atoms with Crippen LogP contribution in [0.3, 0.4) is 0 Å². The highest BCUT2D eigenvalue weighted by Gasteiger charge is 2.36. The van der Waals surface area contributed by atoms with Crippen LogP contribution in [0.4, 0.5) is 0 Å². The van der Waals surface area contributed by atoms with Crippen LogP contribution in [0.25, 0.3) is 0 Å². The predicted octanol–water partition coefficient (Wildman–Crippen LogP) is 3.39. The molecule has 0 heterocycles. The number of ether oxygens (including phenoxy) is 2. The highest BCUT2D eigenvalue weighted by atomic mass is 16.5. The molecule has 0 saturated carbocycles. The van der Waals surface area contributed by atoms with E-state index in [-0.39, 0.29) is 5.78 Å². The maximum absolute atomic E-state index is 12.7. The van der Waals surface area contributed by atoms with Gasteiger partial charge < -0.3 is 9.47 Å². The molecule has 0 radical (unpaired) electrons. The van der Waals surface area contributed by atoms with Crippen LogP contribution in [0.15, 0.2) is 18.2 Å². The molecule has 0 N–H and O–H groups in total.